The first kappa shape index (κ1) is 13.9. The van der Waals surface area contributed by atoms with Crippen LogP contribution in [-0.4, -0.2) is 9.97 Å². The first-order valence-electron chi connectivity index (χ1n) is 7.32. The fourth-order valence-electron chi connectivity index (χ4n) is 3.25. The Balaban J connectivity index is 1.95. The van der Waals surface area contributed by atoms with E-state index in [9.17, 15) is 4.79 Å². The van der Waals surface area contributed by atoms with E-state index in [-0.39, 0.29) is 11.7 Å². The zero-order valence-electron chi connectivity index (χ0n) is 11.4. The lowest BCUT2D eigenvalue weighted by molar-refractivity contribution is 0.382. The molecule has 1 aliphatic carbocycles. The van der Waals surface area contributed by atoms with Crippen LogP contribution in [0.1, 0.15) is 50.1 Å². The number of hydrogen-bond donors (Lipinski definition) is 3. The second-order valence-corrected chi connectivity index (χ2v) is 6.63. The van der Waals surface area contributed by atoms with Crippen molar-refractivity contribution in [1.29, 1.82) is 0 Å². The number of imidazole rings is 1. The van der Waals surface area contributed by atoms with Crippen LogP contribution in [0.2, 0.25) is 0 Å². The van der Waals surface area contributed by atoms with Crippen LogP contribution in [0.3, 0.4) is 0 Å². The van der Waals surface area contributed by atoms with E-state index in [1.54, 1.807) is 0 Å². The molecule has 0 spiro atoms. The summed E-state index contributed by atoms with van der Waals surface area (Å²) in [5, 5.41) is 0. The first-order valence-corrected chi connectivity index (χ1v) is 8.11. The van der Waals surface area contributed by atoms with Gasteiger partial charge in [-0.1, -0.05) is 41.6 Å². The van der Waals surface area contributed by atoms with Gasteiger partial charge in [-0.25, -0.2) is 4.79 Å². The normalized spacial score (nSPS) is 19.1. The summed E-state index contributed by atoms with van der Waals surface area (Å²) >= 11 is 3.60. The molecule has 1 aromatic carbocycles. The van der Waals surface area contributed by atoms with Gasteiger partial charge in [-0.2, -0.15) is 0 Å². The molecule has 0 bridgehead atoms. The highest BCUT2D eigenvalue weighted by Crippen LogP contribution is 2.36. The largest absolute Gasteiger partial charge is 0.324 e. The van der Waals surface area contributed by atoms with Crippen molar-refractivity contribution in [3.63, 3.8) is 0 Å². The molecule has 108 valence electrons. The second-order valence-electron chi connectivity index (χ2n) is 5.78. The van der Waals surface area contributed by atoms with Crippen molar-refractivity contribution in [3.05, 3.63) is 32.7 Å². The molecule has 1 saturated carbocycles. The highest BCUT2D eigenvalue weighted by atomic mass is 79.9. The van der Waals surface area contributed by atoms with Crippen molar-refractivity contribution in [2.24, 2.45) is 11.7 Å². The van der Waals surface area contributed by atoms with E-state index >= 15 is 0 Å². The summed E-state index contributed by atoms with van der Waals surface area (Å²) in [4.78, 5) is 17.0. The highest BCUT2D eigenvalue weighted by Gasteiger charge is 2.23. The lowest BCUT2D eigenvalue weighted by atomic mass is 9.88. The number of aromatic amines is 2. The summed E-state index contributed by atoms with van der Waals surface area (Å²) in [5.74, 6) is 0.539. The van der Waals surface area contributed by atoms with Crippen LogP contribution in [0.25, 0.3) is 11.0 Å². The van der Waals surface area contributed by atoms with Crippen LogP contribution in [0.4, 0.5) is 0 Å². The van der Waals surface area contributed by atoms with Crippen molar-refractivity contribution in [2.45, 2.75) is 44.6 Å². The van der Waals surface area contributed by atoms with E-state index in [0.29, 0.717) is 5.92 Å². The first-order chi connectivity index (χ1) is 9.65. The van der Waals surface area contributed by atoms with Gasteiger partial charge in [0.15, 0.2) is 0 Å². The van der Waals surface area contributed by atoms with Crippen LogP contribution in [0, 0.1) is 5.92 Å². The maximum atomic E-state index is 11.4. The number of halogens is 1. The fourth-order valence-corrected chi connectivity index (χ4v) is 3.86. The van der Waals surface area contributed by atoms with Crippen molar-refractivity contribution in [1.82, 2.24) is 9.97 Å². The molecular formula is C15H20BrN3O. The molecule has 3 rings (SSSR count). The van der Waals surface area contributed by atoms with Gasteiger partial charge >= 0.3 is 5.69 Å². The van der Waals surface area contributed by atoms with E-state index in [1.165, 1.54) is 38.5 Å². The highest BCUT2D eigenvalue weighted by molar-refractivity contribution is 9.10. The molecule has 1 heterocycles. The fraction of sp³-hybridized carbons (Fsp3) is 0.533. The zero-order chi connectivity index (χ0) is 14.1. The Morgan fingerprint density at radius 2 is 1.70 bits per heavy atom. The number of fused-ring (bicyclic) bond motifs is 1. The third-order valence-corrected chi connectivity index (χ3v) is 5.09. The molecule has 0 saturated heterocycles. The topological polar surface area (TPSA) is 74.7 Å². The number of nitrogens with two attached hydrogens (primary N) is 1. The molecule has 1 aliphatic rings. The molecular weight excluding hydrogens is 318 g/mol. The van der Waals surface area contributed by atoms with E-state index in [2.05, 4.69) is 25.9 Å². The minimum absolute atomic E-state index is 0.0327. The molecule has 1 unspecified atom stereocenters. The summed E-state index contributed by atoms with van der Waals surface area (Å²) < 4.78 is 0.983. The van der Waals surface area contributed by atoms with Crippen LogP contribution in [0.15, 0.2) is 21.4 Å². The molecule has 1 aromatic heterocycles. The minimum atomic E-state index is -0.174. The van der Waals surface area contributed by atoms with E-state index in [4.69, 9.17) is 5.73 Å². The van der Waals surface area contributed by atoms with E-state index in [0.717, 1.165) is 21.1 Å². The molecule has 0 aliphatic heterocycles. The Labute approximate surface area is 126 Å². The number of hydrogen-bond acceptors (Lipinski definition) is 2. The summed E-state index contributed by atoms with van der Waals surface area (Å²) in [7, 11) is 0. The SMILES string of the molecule is NC(c1cc2[nH]c(=O)[nH]c2cc1Br)C1CCCCCC1. The molecule has 0 radical (unpaired) electrons. The Hall–Kier alpha value is -1.07. The van der Waals surface area contributed by atoms with Crippen molar-refractivity contribution in [2.75, 3.05) is 0 Å². The van der Waals surface area contributed by atoms with Gasteiger partial charge in [-0.15, -0.1) is 0 Å². The van der Waals surface area contributed by atoms with Gasteiger partial charge in [-0.05, 0) is 36.5 Å². The van der Waals surface area contributed by atoms with Crippen molar-refractivity contribution in [3.8, 4) is 0 Å². The Morgan fingerprint density at radius 1 is 1.10 bits per heavy atom. The quantitative estimate of drug-likeness (QED) is 0.732. The predicted octanol–water partition coefficient (Wildman–Crippen LogP) is 3.59. The third-order valence-electron chi connectivity index (χ3n) is 4.40. The van der Waals surface area contributed by atoms with Gasteiger partial charge in [0.2, 0.25) is 0 Å². The number of nitrogens with one attached hydrogen (secondary N) is 2. The molecule has 1 atom stereocenters. The van der Waals surface area contributed by atoms with Crippen LogP contribution >= 0.6 is 15.9 Å². The zero-order valence-corrected chi connectivity index (χ0v) is 13.0. The molecule has 5 heteroatoms. The third kappa shape index (κ3) is 2.69. The lowest BCUT2D eigenvalue weighted by Crippen LogP contribution is -2.21. The minimum Gasteiger partial charge on any atom is -0.324 e. The average molecular weight is 338 g/mol. The van der Waals surface area contributed by atoms with Crippen molar-refractivity contribution < 1.29 is 0 Å². The van der Waals surface area contributed by atoms with Crippen LogP contribution in [-0.2, 0) is 0 Å². The van der Waals surface area contributed by atoms with Crippen LogP contribution in [0.5, 0.6) is 0 Å². The molecule has 4 nitrogen and oxygen atoms in total. The number of benzene rings is 1. The summed E-state index contributed by atoms with van der Waals surface area (Å²) in [5.41, 5.74) is 9.08. The maximum absolute atomic E-state index is 11.4. The molecule has 2 aromatic rings. The number of rotatable bonds is 2. The molecule has 1 fully saturated rings. The lowest BCUT2D eigenvalue weighted by Gasteiger charge is -2.23. The molecule has 0 amide bonds. The van der Waals surface area contributed by atoms with Gasteiger partial charge in [0.1, 0.15) is 0 Å². The number of H-pyrrole nitrogens is 2. The summed E-state index contributed by atoms with van der Waals surface area (Å²) in [6, 6.07) is 3.98. The summed E-state index contributed by atoms with van der Waals surface area (Å²) in [6.07, 6.45) is 7.62. The predicted molar refractivity (Wildman–Crippen MR) is 84.7 cm³/mol. The maximum Gasteiger partial charge on any atom is 0.323 e. The van der Waals surface area contributed by atoms with Gasteiger partial charge in [0.05, 0.1) is 11.0 Å². The Bertz CT molecular complexity index is 653. The standard InChI is InChI=1S/C15H20BrN3O/c16-11-8-13-12(18-15(20)19-13)7-10(11)14(17)9-5-3-1-2-4-6-9/h7-9,14H,1-6,17H2,(H2,18,19,20). The Kier molecular flexibility index (Phi) is 3.98. The molecule has 20 heavy (non-hydrogen) atoms. The second kappa shape index (κ2) is 5.74. The summed E-state index contributed by atoms with van der Waals surface area (Å²) in [6.45, 7) is 0. The van der Waals surface area contributed by atoms with E-state index in [1.807, 2.05) is 12.1 Å². The van der Waals surface area contributed by atoms with Gasteiger partial charge in [0, 0.05) is 10.5 Å². The number of aromatic nitrogens is 2. The smallest absolute Gasteiger partial charge is 0.323 e. The van der Waals surface area contributed by atoms with Gasteiger partial charge in [0.25, 0.3) is 0 Å². The van der Waals surface area contributed by atoms with Crippen LogP contribution < -0.4 is 11.4 Å². The molecule has 4 N–H and O–H groups in total. The van der Waals surface area contributed by atoms with Gasteiger partial charge < -0.3 is 15.7 Å². The van der Waals surface area contributed by atoms with E-state index < -0.39 is 0 Å². The van der Waals surface area contributed by atoms with Crippen molar-refractivity contribution >= 4 is 27.0 Å². The van der Waals surface area contributed by atoms with Gasteiger partial charge in [-0.3, -0.25) is 0 Å². The monoisotopic (exact) mass is 337 g/mol. The average Bonchev–Trinajstić information content (AvgIpc) is 2.64. The Morgan fingerprint density at radius 3 is 2.35 bits per heavy atom.